The fourth-order valence-electron chi connectivity index (χ4n) is 4.32. The van der Waals surface area contributed by atoms with Gasteiger partial charge >= 0.3 is 0 Å². The molecule has 4 rings (SSSR count). The second kappa shape index (κ2) is 9.51. The summed E-state index contributed by atoms with van der Waals surface area (Å²) in [5.41, 5.74) is 0.439. The molecule has 0 spiro atoms. The molecule has 2 amide bonds. The Morgan fingerprint density at radius 3 is 2.42 bits per heavy atom. The summed E-state index contributed by atoms with van der Waals surface area (Å²) in [5.74, 6) is 0.797. The molecule has 8 heteroatoms. The van der Waals surface area contributed by atoms with Gasteiger partial charge in [-0.25, -0.2) is 0 Å². The molecule has 2 atom stereocenters. The highest BCUT2D eigenvalue weighted by atomic mass is 16.5. The molecule has 2 fully saturated rings. The third kappa shape index (κ3) is 5.25. The molecule has 0 unspecified atom stereocenters. The number of likely N-dealkylation sites (N-methyl/N-ethyl adjacent to an activating group) is 1. The summed E-state index contributed by atoms with van der Waals surface area (Å²) in [6.45, 7) is 4.37. The maximum Gasteiger partial charge on any atom is 0.274 e. The van der Waals surface area contributed by atoms with Crippen molar-refractivity contribution >= 4 is 11.8 Å². The normalized spacial score (nSPS) is 22.4. The summed E-state index contributed by atoms with van der Waals surface area (Å²) in [7, 11) is 3.88. The highest BCUT2D eigenvalue weighted by Gasteiger charge is 2.36. The predicted octanol–water partition coefficient (Wildman–Crippen LogP) is 1.49. The van der Waals surface area contributed by atoms with E-state index < -0.39 is 0 Å². The van der Waals surface area contributed by atoms with E-state index in [4.69, 9.17) is 4.74 Å². The Labute approximate surface area is 183 Å². The van der Waals surface area contributed by atoms with E-state index in [0.717, 1.165) is 31.9 Å². The van der Waals surface area contributed by atoms with Gasteiger partial charge in [-0.15, -0.1) is 0 Å². The molecule has 2 aromatic rings. The molecule has 0 saturated carbocycles. The molecule has 0 N–H and O–H groups in total. The predicted molar refractivity (Wildman–Crippen MR) is 117 cm³/mol. The minimum atomic E-state index is -0.105. The highest BCUT2D eigenvalue weighted by molar-refractivity contribution is 5.92. The van der Waals surface area contributed by atoms with Crippen molar-refractivity contribution in [1.29, 1.82) is 0 Å². The molecule has 1 aromatic heterocycles. The summed E-state index contributed by atoms with van der Waals surface area (Å²) in [5, 5.41) is 4.25. The number of hydrogen-bond donors (Lipinski definition) is 0. The van der Waals surface area contributed by atoms with Crippen LogP contribution in [0.25, 0.3) is 0 Å². The third-order valence-corrected chi connectivity index (χ3v) is 6.21. The summed E-state index contributed by atoms with van der Waals surface area (Å²) >= 11 is 0. The molecule has 2 saturated heterocycles. The first-order valence-corrected chi connectivity index (χ1v) is 11.0. The van der Waals surface area contributed by atoms with Crippen LogP contribution in [0.3, 0.4) is 0 Å². The number of carbonyl (C=O) groups excluding carboxylic acids is 2. The van der Waals surface area contributed by atoms with Gasteiger partial charge in [-0.3, -0.25) is 14.3 Å². The van der Waals surface area contributed by atoms with Crippen LogP contribution >= 0.6 is 0 Å². The molecule has 3 heterocycles. The van der Waals surface area contributed by atoms with E-state index in [1.165, 1.54) is 0 Å². The van der Waals surface area contributed by atoms with Crippen molar-refractivity contribution < 1.29 is 14.3 Å². The van der Waals surface area contributed by atoms with Crippen LogP contribution in [-0.2, 0) is 11.8 Å². The molecule has 31 heavy (non-hydrogen) atoms. The van der Waals surface area contributed by atoms with Gasteiger partial charge < -0.3 is 19.4 Å². The van der Waals surface area contributed by atoms with Gasteiger partial charge in [0.2, 0.25) is 5.91 Å². The van der Waals surface area contributed by atoms with Crippen molar-refractivity contribution in [3.63, 3.8) is 0 Å². The molecule has 0 radical (unpaired) electrons. The number of rotatable bonds is 5. The average Bonchev–Trinajstić information content (AvgIpc) is 3.22. The monoisotopic (exact) mass is 425 g/mol. The van der Waals surface area contributed by atoms with Crippen LogP contribution in [0.4, 0.5) is 0 Å². The second-order valence-corrected chi connectivity index (χ2v) is 8.53. The Kier molecular flexibility index (Phi) is 6.56. The Morgan fingerprint density at radius 2 is 1.74 bits per heavy atom. The molecule has 2 aliphatic rings. The maximum absolute atomic E-state index is 13.1. The topological polar surface area (TPSA) is 70.9 Å². The number of benzene rings is 1. The van der Waals surface area contributed by atoms with E-state index >= 15 is 0 Å². The Morgan fingerprint density at radius 1 is 1.00 bits per heavy atom. The van der Waals surface area contributed by atoms with Crippen LogP contribution in [0.15, 0.2) is 42.6 Å². The number of carbonyl (C=O) groups is 2. The fraction of sp³-hybridized carbons (Fsp3) is 0.522. The Balaban J connectivity index is 1.46. The van der Waals surface area contributed by atoms with Gasteiger partial charge in [-0.1, -0.05) is 18.2 Å². The van der Waals surface area contributed by atoms with Crippen LogP contribution in [0.5, 0.6) is 5.75 Å². The lowest BCUT2D eigenvalue weighted by atomic mass is 9.90. The third-order valence-electron chi connectivity index (χ3n) is 6.21. The number of amides is 2. The Bertz CT molecular complexity index is 892. The summed E-state index contributed by atoms with van der Waals surface area (Å²) < 4.78 is 7.91. The van der Waals surface area contributed by atoms with Crippen LogP contribution in [0, 0.1) is 5.92 Å². The lowest BCUT2D eigenvalue weighted by Gasteiger charge is -2.39. The van der Waals surface area contributed by atoms with Crippen molar-refractivity contribution in [2.45, 2.75) is 18.9 Å². The SMILES string of the molecule is CN1CCN(C(=O)C[C@H]2CN(C(=O)c3ccn(C)n3)CC[C@@H]2Oc2ccccc2)CC1. The van der Waals surface area contributed by atoms with Crippen molar-refractivity contribution in [1.82, 2.24) is 24.5 Å². The van der Waals surface area contributed by atoms with Crippen molar-refractivity contribution in [3.05, 3.63) is 48.3 Å². The van der Waals surface area contributed by atoms with Crippen molar-refractivity contribution in [2.24, 2.45) is 13.0 Å². The van der Waals surface area contributed by atoms with Gasteiger partial charge in [0.15, 0.2) is 0 Å². The molecule has 8 nitrogen and oxygen atoms in total. The van der Waals surface area contributed by atoms with E-state index in [1.807, 2.05) is 40.1 Å². The minimum Gasteiger partial charge on any atom is -0.490 e. The van der Waals surface area contributed by atoms with E-state index in [2.05, 4.69) is 17.0 Å². The lowest BCUT2D eigenvalue weighted by molar-refractivity contribution is -0.135. The average molecular weight is 426 g/mol. The van der Waals surface area contributed by atoms with Gasteiger partial charge in [-0.05, 0) is 25.2 Å². The largest absolute Gasteiger partial charge is 0.490 e. The molecule has 0 aliphatic carbocycles. The summed E-state index contributed by atoms with van der Waals surface area (Å²) in [4.78, 5) is 32.0. The van der Waals surface area contributed by atoms with Crippen LogP contribution in [-0.4, -0.2) is 88.7 Å². The first-order chi connectivity index (χ1) is 15.0. The molecule has 2 aliphatic heterocycles. The van der Waals surface area contributed by atoms with Gasteiger partial charge in [0, 0.05) is 71.3 Å². The van der Waals surface area contributed by atoms with Gasteiger partial charge in [0.25, 0.3) is 5.91 Å². The number of piperidine rings is 1. The zero-order chi connectivity index (χ0) is 21.8. The number of para-hydroxylation sites is 1. The van der Waals surface area contributed by atoms with Gasteiger partial charge in [0.1, 0.15) is 17.5 Å². The number of aromatic nitrogens is 2. The van der Waals surface area contributed by atoms with E-state index in [-0.39, 0.29) is 23.8 Å². The molecule has 1 aromatic carbocycles. The zero-order valence-corrected chi connectivity index (χ0v) is 18.3. The Hall–Kier alpha value is -2.87. The van der Waals surface area contributed by atoms with Crippen molar-refractivity contribution in [3.8, 4) is 5.75 Å². The van der Waals surface area contributed by atoms with Crippen LogP contribution in [0.1, 0.15) is 23.3 Å². The number of hydrogen-bond acceptors (Lipinski definition) is 5. The van der Waals surface area contributed by atoms with Crippen LogP contribution < -0.4 is 4.74 Å². The number of nitrogens with zero attached hydrogens (tertiary/aromatic N) is 5. The van der Waals surface area contributed by atoms with Crippen LogP contribution in [0.2, 0.25) is 0 Å². The fourth-order valence-corrected chi connectivity index (χ4v) is 4.32. The molecule has 0 bridgehead atoms. The first-order valence-electron chi connectivity index (χ1n) is 11.0. The molecular weight excluding hydrogens is 394 g/mol. The standard InChI is InChI=1S/C23H31N5O3/c1-25-12-14-27(15-13-25)22(29)16-18-17-28(23(30)20-8-10-26(2)24-20)11-9-21(18)31-19-6-4-3-5-7-19/h3-8,10,18,21H,9,11-17H2,1-2H3/t18-,21-/m0/s1. The number of ether oxygens (including phenoxy) is 1. The summed E-state index contributed by atoms with van der Waals surface area (Å²) in [6.07, 6.45) is 2.74. The second-order valence-electron chi connectivity index (χ2n) is 8.53. The number of aryl methyl sites for hydroxylation is 1. The maximum atomic E-state index is 13.1. The minimum absolute atomic E-state index is 0.0613. The van der Waals surface area contributed by atoms with Gasteiger partial charge in [0.05, 0.1) is 0 Å². The zero-order valence-electron chi connectivity index (χ0n) is 18.3. The quantitative estimate of drug-likeness (QED) is 0.726. The highest BCUT2D eigenvalue weighted by Crippen LogP contribution is 2.27. The molecular formula is C23H31N5O3. The lowest BCUT2D eigenvalue weighted by Crippen LogP contribution is -2.51. The van der Waals surface area contributed by atoms with E-state index in [0.29, 0.717) is 31.6 Å². The van der Waals surface area contributed by atoms with Crippen molar-refractivity contribution in [2.75, 3.05) is 46.3 Å². The van der Waals surface area contributed by atoms with E-state index in [1.54, 1.807) is 24.0 Å². The van der Waals surface area contributed by atoms with E-state index in [9.17, 15) is 9.59 Å². The smallest absolute Gasteiger partial charge is 0.274 e. The summed E-state index contributed by atoms with van der Waals surface area (Å²) in [6, 6.07) is 11.4. The molecule has 166 valence electrons. The van der Waals surface area contributed by atoms with Gasteiger partial charge in [-0.2, -0.15) is 5.10 Å². The first kappa shape index (κ1) is 21.4. The number of piperazine rings is 1. The number of likely N-dealkylation sites (tertiary alicyclic amines) is 1.